The Morgan fingerprint density at radius 1 is 1.16 bits per heavy atom. The molecule has 9 heteroatoms. The Morgan fingerprint density at radius 2 is 1.88 bits per heavy atom. The van der Waals surface area contributed by atoms with Gasteiger partial charge in [0.05, 0.1) is 29.6 Å². The fourth-order valence-corrected chi connectivity index (χ4v) is 2.41. The van der Waals surface area contributed by atoms with Crippen LogP contribution in [0.4, 0.5) is 24.5 Å². The Balaban J connectivity index is 2.35. The second kappa shape index (κ2) is 8.50. The van der Waals surface area contributed by atoms with Gasteiger partial charge in [-0.1, -0.05) is 0 Å². The summed E-state index contributed by atoms with van der Waals surface area (Å²) in [6.45, 7) is -0.858. The molecule has 1 unspecified atom stereocenters. The Morgan fingerprint density at radius 3 is 2.52 bits per heavy atom. The van der Waals surface area contributed by atoms with Crippen molar-refractivity contribution in [1.29, 1.82) is 0 Å². The van der Waals surface area contributed by atoms with Crippen LogP contribution in [0.3, 0.4) is 0 Å². The van der Waals surface area contributed by atoms with E-state index >= 15 is 0 Å². The third kappa shape index (κ3) is 4.83. The van der Waals surface area contributed by atoms with E-state index in [9.17, 15) is 23.1 Å². The summed E-state index contributed by atoms with van der Waals surface area (Å²) in [6.07, 6.45) is -1.20. The van der Waals surface area contributed by atoms with Crippen LogP contribution in [0.25, 0.3) is 0 Å². The number of halogens is 4. The van der Waals surface area contributed by atoms with Crippen LogP contribution >= 0.6 is 22.6 Å². The first kappa shape index (κ1) is 19.5. The molecule has 0 aliphatic carbocycles. The SMILES string of the molecule is O=C(NCC(O)CO)c1ccc(F)c(F)c1Nc1ccc(I)cc1F. The number of carbonyl (C=O) groups is 1. The summed E-state index contributed by atoms with van der Waals surface area (Å²) in [6, 6.07) is 5.88. The number of hydrogen-bond donors (Lipinski definition) is 4. The van der Waals surface area contributed by atoms with Crippen molar-refractivity contribution in [3.8, 4) is 0 Å². The first-order valence-electron chi connectivity index (χ1n) is 7.10. The number of amides is 1. The Kier molecular flexibility index (Phi) is 6.62. The van der Waals surface area contributed by atoms with Gasteiger partial charge in [-0.15, -0.1) is 0 Å². The van der Waals surface area contributed by atoms with E-state index in [2.05, 4.69) is 10.6 Å². The fraction of sp³-hybridized carbons (Fsp3) is 0.188. The molecule has 0 bridgehead atoms. The zero-order chi connectivity index (χ0) is 18.6. The second-order valence-corrected chi connectivity index (χ2v) is 6.33. The maximum Gasteiger partial charge on any atom is 0.253 e. The van der Waals surface area contributed by atoms with Gasteiger partial charge in [0.1, 0.15) is 5.82 Å². The van der Waals surface area contributed by atoms with Gasteiger partial charge in [0.2, 0.25) is 0 Å². The van der Waals surface area contributed by atoms with E-state index in [1.54, 1.807) is 6.07 Å². The number of carbonyl (C=O) groups excluding carboxylic acids is 1. The smallest absolute Gasteiger partial charge is 0.253 e. The lowest BCUT2D eigenvalue weighted by Gasteiger charge is -2.15. The van der Waals surface area contributed by atoms with E-state index < -0.39 is 41.8 Å². The van der Waals surface area contributed by atoms with Crippen molar-refractivity contribution in [2.75, 3.05) is 18.5 Å². The van der Waals surface area contributed by atoms with Crippen LogP contribution in [0.2, 0.25) is 0 Å². The van der Waals surface area contributed by atoms with E-state index in [0.717, 1.165) is 12.1 Å². The van der Waals surface area contributed by atoms with Crippen LogP contribution in [0.5, 0.6) is 0 Å². The summed E-state index contributed by atoms with van der Waals surface area (Å²) in [4.78, 5) is 12.2. The van der Waals surface area contributed by atoms with Crippen LogP contribution in [0.1, 0.15) is 10.4 Å². The predicted octanol–water partition coefficient (Wildman–Crippen LogP) is 2.54. The number of hydrogen-bond acceptors (Lipinski definition) is 4. The average molecular weight is 466 g/mol. The molecule has 1 amide bonds. The molecule has 0 spiro atoms. The molecule has 0 aliphatic rings. The highest BCUT2D eigenvalue weighted by molar-refractivity contribution is 14.1. The average Bonchev–Trinajstić information content (AvgIpc) is 2.58. The molecule has 0 radical (unpaired) electrons. The minimum atomic E-state index is -1.34. The zero-order valence-corrected chi connectivity index (χ0v) is 14.9. The highest BCUT2D eigenvalue weighted by Gasteiger charge is 2.20. The van der Waals surface area contributed by atoms with E-state index in [0.29, 0.717) is 3.57 Å². The molecule has 0 fully saturated rings. The molecule has 2 aromatic carbocycles. The summed E-state index contributed by atoms with van der Waals surface area (Å²) >= 11 is 1.89. The second-order valence-electron chi connectivity index (χ2n) is 5.08. The minimum Gasteiger partial charge on any atom is -0.394 e. The highest BCUT2D eigenvalue weighted by atomic mass is 127. The van der Waals surface area contributed by atoms with Crippen LogP contribution < -0.4 is 10.6 Å². The molecule has 0 saturated heterocycles. The zero-order valence-electron chi connectivity index (χ0n) is 12.7. The molecule has 2 rings (SSSR count). The number of benzene rings is 2. The van der Waals surface area contributed by atoms with Crippen molar-refractivity contribution < 1.29 is 28.2 Å². The molecule has 25 heavy (non-hydrogen) atoms. The lowest BCUT2D eigenvalue weighted by atomic mass is 10.1. The fourth-order valence-electron chi connectivity index (χ4n) is 1.96. The summed E-state index contributed by atoms with van der Waals surface area (Å²) in [7, 11) is 0. The molecule has 134 valence electrons. The van der Waals surface area contributed by atoms with Gasteiger partial charge in [-0.2, -0.15) is 0 Å². The predicted molar refractivity (Wildman–Crippen MR) is 94.2 cm³/mol. The summed E-state index contributed by atoms with van der Waals surface area (Å²) in [5.74, 6) is -4.06. The number of aliphatic hydroxyl groups is 2. The first-order chi connectivity index (χ1) is 11.8. The van der Waals surface area contributed by atoms with Gasteiger partial charge in [-0.25, -0.2) is 13.2 Å². The van der Waals surface area contributed by atoms with Gasteiger partial charge in [-0.3, -0.25) is 4.79 Å². The van der Waals surface area contributed by atoms with Gasteiger partial charge in [-0.05, 0) is 52.9 Å². The minimum absolute atomic E-state index is 0.130. The molecule has 1 atom stereocenters. The highest BCUT2D eigenvalue weighted by Crippen LogP contribution is 2.28. The molecule has 2 aromatic rings. The van der Waals surface area contributed by atoms with E-state index in [-0.39, 0.29) is 17.8 Å². The lowest BCUT2D eigenvalue weighted by Crippen LogP contribution is -2.34. The van der Waals surface area contributed by atoms with Crippen molar-refractivity contribution in [2.45, 2.75) is 6.10 Å². The number of aliphatic hydroxyl groups excluding tert-OH is 2. The monoisotopic (exact) mass is 466 g/mol. The van der Waals surface area contributed by atoms with Crippen molar-refractivity contribution >= 4 is 39.9 Å². The molecule has 0 aliphatic heterocycles. The quantitative estimate of drug-likeness (QED) is 0.494. The van der Waals surface area contributed by atoms with Crippen molar-refractivity contribution in [3.63, 3.8) is 0 Å². The van der Waals surface area contributed by atoms with Gasteiger partial charge in [0.15, 0.2) is 11.6 Å². The summed E-state index contributed by atoms with van der Waals surface area (Å²) in [5.41, 5.74) is -0.938. The van der Waals surface area contributed by atoms with Gasteiger partial charge >= 0.3 is 0 Å². The Hall–Kier alpha value is -1.85. The van der Waals surface area contributed by atoms with Crippen molar-refractivity contribution in [3.05, 3.63) is 56.9 Å². The molecule has 0 aromatic heterocycles. The molecule has 0 saturated carbocycles. The van der Waals surface area contributed by atoms with Crippen LogP contribution in [0.15, 0.2) is 30.3 Å². The first-order valence-corrected chi connectivity index (χ1v) is 8.18. The number of nitrogens with one attached hydrogen (secondary N) is 2. The summed E-state index contributed by atoms with van der Waals surface area (Å²) in [5, 5.41) is 22.7. The largest absolute Gasteiger partial charge is 0.394 e. The third-order valence-electron chi connectivity index (χ3n) is 3.24. The molecular weight excluding hydrogens is 452 g/mol. The lowest BCUT2D eigenvalue weighted by molar-refractivity contribution is 0.0802. The molecule has 5 nitrogen and oxygen atoms in total. The molecule has 4 N–H and O–H groups in total. The normalized spacial score (nSPS) is 11.9. The van der Waals surface area contributed by atoms with E-state index in [1.807, 2.05) is 22.6 Å². The number of rotatable bonds is 6. The van der Waals surface area contributed by atoms with Crippen LogP contribution in [-0.4, -0.2) is 35.4 Å². The van der Waals surface area contributed by atoms with Crippen molar-refractivity contribution in [2.24, 2.45) is 0 Å². The third-order valence-corrected chi connectivity index (χ3v) is 3.91. The topological polar surface area (TPSA) is 81.6 Å². The van der Waals surface area contributed by atoms with Crippen LogP contribution in [-0.2, 0) is 0 Å². The Bertz CT molecular complexity index is 789. The van der Waals surface area contributed by atoms with E-state index in [4.69, 9.17) is 5.11 Å². The van der Waals surface area contributed by atoms with Gasteiger partial charge < -0.3 is 20.8 Å². The van der Waals surface area contributed by atoms with Gasteiger partial charge in [0.25, 0.3) is 5.91 Å². The standard InChI is InChI=1S/C16H14F3IN2O3/c17-11-3-2-10(16(25)21-6-9(24)7-23)15(14(11)19)22-13-4-1-8(20)5-12(13)18/h1-5,9,22-24H,6-7H2,(H,21,25). The maximum atomic E-state index is 14.2. The number of anilines is 2. The Labute approximate surface area is 155 Å². The van der Waals surface area contributed by atoms with Gasteiger partial charge in [0, 0.05) is 10.1 Å². The maximum absolute atomic E-state index is 14.2. The molecule has 0 heterocycles. The van der Waals surface area contributed by atoms with Crippen LogP contribution in [0, 0.1) is 21.0 Å². The van der Waals surface area contributed by atoms with Crippen molar-refractivity contribution in [1.82, 2.24) is 5.32 Å². The summed E-state index contributed by atoms with van der Waals surface area (Å²) < 4.78 is 42.3. The van der Waals surface area contributed by atoms with E-state index in [1.165, 1.54) is 12.1 Å². The molecular formula is C16H14F3IN2O3.